The Morgan fingerprint density at radius 2 is 2.21 bits per heavy atom. The predicted molar refractivity (Wildman–Crippen MR) is 75.3 cm³/mol. The van der Waals surface area contributed by atoms with Crippen LogP contribution >= 0.6 is 0 Å². The van der Waals surface area contributed by atoms with Crippen LogP contribution in [0.5, 0.6) is 0 Å². The minimum absolute atomic E-state index is 0.0797. The van der Waals surface area contributed by atoms with E-state index in [1.165, 1.54) is 5.39 Å². The molecule has 3 atom stereocenters. The van der Waals surface area contributed by atoms with Crippen LogP contribution in [-0.4, -0.2) is 17.7 Å². The largest absolute Gasteiger partial charge is 0.378 e. The van der Waals surface area contributed by atoms with Crippen molar-refractivity contribution in [2.75, 3.05) is 6.61 Å². The summed E-state index contributed by atoms with van der Waals surface area (Å²) in [5.41, 5.74) is 4.12. The summed E-state index contributed by atoms with van der Waals surface area (Å²) in [6, 6.07) is 8.36. The van der Waals surface area contributed by atoms with E-state index in [0.29, 0.717) is 5.92 Å². The molecule has 0 aliphatic carbocycles. The molecule has 100 valence electrons. The monoisotopic (exact) mass is 257 g/mol. The Bertz CT molecular complexity index is 567. The molecule has 2 aromatic rings. The molecule has 0 radical (unpaired) electrons. The average Bonchev–Trinajstić information content (AvgIpc) is 2.86. The minimum Gasteiger partial charge on any atom is -0.378 e. The summed E-state index contributed by atoms with van der Waals surface area (Å²) in [5.74, 6) is 6.19. The molecule has 4 heteroatoms. The molecule has 0 amide bonds. The highest BCUT2D eigenvalue weighted by molar-refractivity contribution is 5.85. The maximum absolute atomic E-state index is 5.80. The van der Waals surface area contributed by atoms with Crippen molar-refractivity contribution >= 4 is 10.8 Å². The fourth-order valence-corrected chi connectivity index (χ4v) is 3.02. The van der Waals surface area contributed by atoms with Crippen molar-refractivity contribution in [2.45, 2.75) is 25.5 Å². The molecule has 1 aromatic heterocycles. The van der Waals surface area contributed by atoms with Gasteiger partial charge in [-0.05, 0) is 24.3 Å². The summed E-state index contributed by atoms with van der Waals surface area (Å²) in [6.07, 6.45) is 5.05. The molecule has 3 unspecified atom stereocenters. The van der Waals surface area contributed by atoms with E-state index < -0.39 is 0 Å². The molecule has 0 spiro atoms. The zero-order valence-corrected chi connectivity index (χ0v) is 11.0. The lowest BCUT2D eigenvalue weighted by Gasteiger charge is -2.26. The van der Waals surface area contributed by atoms with Gasteiger partial charge in [0, 0.05) is 30.3 Å². The van der Waals surface area contributed by atoms with Gasteiger partial charge in [-0.25, -0.2) is 0 Å². The van der Waals surface area contributed by atoms with E-state index in [1.54, 1.807) is 0 Å². The van der Waals surface area contributed by atoms with Crippen LogP contribution in [0.1, 0.15) is 24.9 Å². The van der Waals surface area contributed by atoms with Crippen LogP contribution in [-0.2, 0) is 4.74 Å². The lowest BCUT2D eigenvalue weighted by atomic mass is 9.87. The molecule has 0 saturated carbocycles. The van der Waals surface area contributed by atoms with E-state index in [0.717, 1.165) is 24.0 Å². The van der Waals surface area contributed by atoms with Crippen LogP contribution in [0.3, 0.4) is 0 Å². The second-order valence-electron chi connectivity index (χ2n) is 5.12. The first-order valence-electron chi connectivity index (χ1n) is 6.71. The fraction of sp³-hybridized carbons (Fsp3) is 0.400. The molecule has 0 bridgehead atoms. The highest BCUT2D eigenvalue weighted by Gasteiger charge is 2.33. The van der Waals surface area contributed by atoms with E-state index in [2.05, 4.69) is 29.5 Å². The number of pyridine rings is 1. The number of nitrogens with zero attached hydrogens (tertiary/aromatic N) is 1. The summed E-state index contributed by atoms with van der Waals surface area (Å²) in [5, 5.41) is 2.35. The number of hydrazine groups is 1. The Labute approximate surface area is 112 Å². The van der Waals surface area contributed by atoms with Crippen LogP contribution in [0.15, 0.2) is 36.7 Å². The summed E-state index contributed by atoms with van der Waals surface area (Å²) in [4.78, 5) is 4.34. The van der Waals surface area contributed by atoms with Crippen molar-refractivity contribution < 1.29 is 4.74 Å². The molecule has 3 rings (SSSR count). The highest BCUT2D eigenvalue weighted by Crippen LogP contribution is 2.35. The van der Waals surface area contributed by atoms with Crippen molar-refractivity contribution in [1.82, 2.24) is 10.4 Å². The molecule has 4 nitrogen and oxygen atoms in total. The Kier molecular flexibility index (Phi) is 3.46. The highest BCUT2D eigenvalue weighted by atomic mass is 16.5. The van der Waals surface area contributed by atoms with Crippen molar-refractivity contribution in [3.05, 3.63) is 42.2 Å². The summed E-state index contributed by atoms with van der Waals surface area (Å²) in [7, 11) is 0. The normalized spacial score (nSPS) is 24.7. The van der Waals surface area contributed by atoms with E-state index in [4.69, 9.17) is 10.6 Å². The van der Waals surface area contributed by atoms with E-state index >= 15 is 0 Å². The quantitative estimate of drug-likeness (QED) is 0.653. The Morgan fingerprint density at radius 1 is 1.37 bits per heavy atom. The number of rotatable bonds is 3. The maximum Gasteiger partial charge on any atom is 0.0594 e. The number of aromatic nitrogens is 1. The van der Waals surface area contributed by atoms with Crippen LogP contribution in [0.4, 0.5) is 0 Å². The van der Waals surface area contributed by atoms with Crippen LogP contribution in [0.25, 0.3) is 10.8 Å². The topological polar surface area (TPSA) is 60.2 Å². The van der Waals surface area contributed by atoms with E-state index in [9.17, 15) is 0 Å². The number of nitrogens with two attached hydrogens (primary N) is 1. The zero-order valence-electron chi connectivity index (χ0n) is 11.0. The molecular formula is C15H19N3O. The molecule has 1 saturated heterocycles. The summed E-state index contributed by atoms with van der Waals surface area (Å²) in [6.45, 7) is 2.92. The molecule has 1 fully saturated rings. The molecule has 1 aliphatic rings. The Hall–Kier alpha value is -1.49. The van der Waals surface area contributed by atoms with E-state index in [-0.39, 0.29) is 12.1 Å². The van der Waals surface area contributed by atoms with E-state index in [1.807, 2.05) is 24.5 Å². The zero-order chi connectivity index (χ0) is 13.2. The smallest absolute Gasteiger partial charge is 0.0594 e. The van der Waals surface area contributed by atoms with Crippen molar-refractivity contribution in [3.8, 4) is 0 Å². The third-order valence-corrected chi connectivity index (χ3v) is 4.08. The third kappa shape index (κ3) is 2.23. The maximum atomic E-state index is 5.80. The van der Waals surface area contributed by atoms with Gasteiger partial charge < -0.3 is 4.74 Å². The van der Waals surface area contributed by atoms with Gasteiger partial charge in [0.15, 0.2) is 0 Å². The standard InChI is InChI=1S/C15H19N3O/c1-10-12(6-7-19-10)15(18-16)14-9-17-8-11-4-2-3-5-13(11)14/h2-5,8-10,12,15,18H,6-7,16H2,1H3. The van der Waals surface area contributed by atoms with Gasteiger partial charge >= 0.3 is 0 Å². The van der Waals surface area contributed by atoms with Crippen molar-refractivity contribution in [1.29, 1.82) is 0 Å². The molecule has 3 N–H and O–H groups in total. The SMILES string of the molecule is CC1OCCC1C(NN)c1cncc2ccccc12. The van der Waals surface area contributed by atoms with Crippen molar-refractivity contribution in [2.24, 2.45) is 11.8 Å². The van der Waals surface area contributed by atoms with Crippen LogP contribution in [0, 0.1) is 5.92 Å². The number of fused-ring (bicyclic) bond motifs is 1. The van der Waals surface area contributed by atoms with Crippen LogP contribution < -0.4 is 11.3 Å². The van der Waals surface area contributed by atoms with Gasteiger partial charge in [0.1, 0.15) is 0 Å². The Balaban J connectivity index is 2.06. The first-order valence-corrected chi connectivity index (χ1v) is 6.71. The molecule has 1 aromatic carbocycles. The first kappa shape index (κ1) is 12.5. The van der Waals surface area contributed by atoms with Gasteiger partial charge in [0.25, 0.3) is 0 Å². The Morgan fingerprint density at radius 3 is 2.95 bits per heavy atom. The summed E-state index contributed by atoms with van der Waals surface area (Å²) >= 11 is 0. The second-order valence-corrected chi connectivity index (χ2v) is 5.12. The lowest BCUT2D eigenvalue weighted by molar-refractivity contribution is 0.0955. The number of nitrogens with one attached hydrogen (secondary N) is 1. The number of benzene rings is 1. The molecule has 1 aliphatic heterocycles. The number of ether oxygens (including phenoxy) is 1. The third-order valence-electron chi connectivity index (χ3n) is 4.08. The minimum atomic E-state index is 0.0797. The number of hydrogen-bond donors (Lipinski definition) is 2. The van der Waals surface area contributed by atoms with Gasteiger partial charge in [0.2, 0.25) is 0 Å². The molecule has 19 heavy (non-hydrogen) atoms. The predicted octanol–water partition coefficient (Wildman–Crippen LogP) is 2.16. The van der Waals surface area contributed by atoms with Crippen molar-refractivity contribution in [3.63, 3.8) is 0 Å². The second kappa shape index (κ2) is 5.25. The van der Waals surface area contributed by atoms with Gasteiger partial charge in [-0.15, -0.1) is 0 Å². The van der Waals surface area contributed by atoms with Crippen LogP contribution in [0.2, 0.25) is 0 Å². The first-order chi connectivity index (χ1) is 9.31. The van der Waals surface area contributed by atoms with Gasteiger partial charge in [-0.3, -0.25) is 16.3 Å². The molecular weight excluding hydrogens is 238 g/mol. The fourth-order valence-electron chi connectivity index (χ4n) is 3.02. The van der Waals surface area contributed by atoms with Gasteiger partial charge in [0.05, 0.1) is 12.1 Å². The number of hydrogen-bond acceptors (Lipinski definition) is 4. The molecule has 2 heterocycles. The lowest BCUT2D eigenvalue weighted by Crippen LogP contribution is -2.36. The van der Waals surface area contributed by atoms with Gasteiger partial charge in [-0.1, -0.05) is 24.3 Å². The summed E-state index contributed by atoms with van der Waals surface area (Å²) < 4.78 is 5.67. The average molecular weight is 257 g/mol. The van der Waals surface area contributed by atoms with Gasteiger partial charge in [-0.2, -0.15) is 0 Å².